The summed E-state index contributed by atoms with van der Waals surface area (Å²) >= 11 is 0. The van der Waals surface area contributed by atoms with Gasteiger partial charge in [-0.2, -0.15) is 0 Å². The van der Waals surface area contributed by atoms with Gasteiger partial charge in [-0.3, -0.25) is 4.79 Å². The van der Waals surface area contributed by atoms with Crippen molar-refractivity contribution in [3.63, 3.8) is 0 Å². The molecule has 3 N–H and O–H groups in total. The Morgan fingerprint density at radius 1 is 1.58 bits per heavy atom. The average Bonchev–Trinajstić information content (AvgIpc) is 2.47. The van der Waals surface area contributed by atoms with Crippen LogP contribution in [0.15, 0.2) is 24.4 Å². The number of carbonyl (C=O) groups is 1. The number of fused-ring (bicyclic) bond motifs is 1. The number of H-pyrrole nitrogens is 1. The van der Waals surface area contributed by atoms with Gasteiger partial charge in [-0.1, -0.05) is 12.1 Å². The Labute approximate surface area is 69.2 Å². The number of aromatic amines is 1. The third-order valence-electron chi connectivity index (χ3n) is 1.79. The summed E-state index contributed by atoms with van der Waals surface area (Å²) < 4.78 is 0. The second kappa shape index (κ2) is 2.37. The first-order valence-corrected chi connectivity index (χ1v) is 3.56. The van der Waals surface area contributed by atoms with Crippen LogP contribution in [0, 0.1) is 6.07 Å². The fourth-order valence-corrected chi connectivity index (χ4v) is 1.22. The van der Waals surface area contributed by atoms with Gasteiger partial charge in [0.1, 0.15) is 0 Å². The summed E-state index contributed by atoms with van der Waals surface area (Å²) in [5.74, 6) is -0.410. The van der Waals surface area contributed by atoms with Gasteiger partial charge in [0.15, 0.2) is 0 Å². The second-order valence-corrected chi connectivity index (χ2v) is 2.54. The van der Waals surface area contributed by atoms with Crippen LogP contribution in [0.3, 0.4) is 0 Å². The zero-order valence-electron chi connectivity index (χ0n) is 6.29. The summed E-state index contributed by atoms with van der Waals surface area (Å²) in [4.78, 5) is 13.8. The molecule has 0 fully saturated rings. The summed E-state index contributed by atoms with van der Waals surface area (Å²) in [6, 6.07) is 8.25. The predicted octanol–water partition coefficient (Wildman–Crippen LogP) is 1.07. The molecule has 0 aliphatic rings. The van der Waals surface area contributed by atoms with Crippen molar-refractivity contribution in [2.24, 2.45) is 5.73 Å². The molecular formula is C9H7N2O. The summed E-state index contributed by atoms with van der Waals surface area (Å²) in [5, 5.41) is 0.848. The maximum Gasteiger partial charge on any atom is 0.250 e. The molecule has 2 aromatic rings. The van der Waals surface area contributed by atoms with E-state index in [0.29, 0.717) is 5.56 Å². The molecule has 59 valence electrons. The molecule has 0 aliphatic heterocycles. The van der Waals surface area contributed by atoms with Crippen molar-refractivity contribution in [2.75, 3.05) is 0 Å². The lowest BCUT2D eigenvalue weighted by atomic mass is 10.2. The summed E-state index contributed by atoms with van der Waals surface area (Å²) in [5.41, 5.74) is 6.56. The van der Waals surface area contributed by atoms with E-state index >= 15 is 0 Å². The Morgan fingerprint density at radius 3 is 3.17 bits per heavy atom. The summed E-state index contributed by atoms with van der Waals surface area (Å²) in [6.45, 7) is 0. The van der Waals surface area contributed by atoms with Crippen molar-refractivity contribution in [3.8, 4) is 0 Å². The highest BCUT2D eigenvalue weighted by atomic mass is 16.1. The van der Waals surface area contributed by atoms with Crippen molar-refractivity contribution in [3.05, 3.63) is 36.0 Å². The molecule has 1 radical (unpaired) electrons. The minimum absolute atomic E-state index is 0.410. The standard InChI is InChI=1S/C9H7N2O/c10-9(12)7-5-11-8-4-2-1-3-6(7)8/h1,3-5,11H,(H2,10,12). The van der Waals surface area contributed by atoms with Crippen molar-refractivity contribution in [2.45, 2.75) is 0 Å². The van der Waals surface area contributed by atoms with Crippen LogP contribution in [0.25, 0.3) is 10.9 Å². The normalized spacial score (nSPS) is 10.3. The highest BCUT2D eigenvalue weighted by molar-refractivity contribution is 6.05. The van der Waals surface area contributed by atoms with Gasteiger partial charge in [-0.25, -0.2) is 0 Å². The van der Waals surface area contributed by atoms with Crippen LogP contribution in [0.2, 0.25) is 0 Å². The maximum absolute atomic E-state index is 10.9. The first-order chi connectivity index (χ1) is 5.79. The lowest BCUT2D eigenvalue weighted by Crippen LogP contribution is -2.09. The Kier molecular flexibility index (Phi) is 1.37. The number of carbonyl (C=O) groups excluding carboxylic acids is 1. The van der Waals surface area contributed by atoms with Crippen LogP contribution in [-0.4, -0.2) is 10.9 Å². The molecule has 1 amide bonds. The lowest BCUT2D eigenvalue weighted by Gasteiger charge is -1.90. The molecule has 0 saturated carbocycles. The minimum atomic E-state index is -0.410. The predicted molar refractivity (Wildman–Crippen MR) is 45.7 cm³/mol. The quantitative estimate of drug-likeness (QED) is 0.642. The molecule has 0 aliphatic carbocycles. The van der Waals surface area contributed by atoms with Gasteiger partial charge in [-0.05, 0) is 12.1 Å². The Morgan fingerprint density at radius 2 is 2.42 bits per heavy atom. The summed E-state index contributed by atoms with van der Waals surface area (Å²) in [7, 11) is 0. The highest BCUT2D eigenvalue weighted by Crippen LogP contribution is 2.16. The number of nitrogens with two attached hydrogens (primary N) is 1. The van der Waals surface area contributed by atoms with E-state index in [4.69, 9.17) is 5.73 Å². The molecule has 3 nitrogen and oxygen atoms in total. The van der Waals surface area contributed by atoms with Gasteiger partial charge in [0, 0.05) is 17.1 Å². The highest BCUT2D eigenvalue weighted by Gasteiger charge is 2.06. The second-order valence-electron chi connectivity index (χ2n) is 2.54. The monoisotopic (exact) mass is 159 g/mol. The van der Waals surface area contributed by atoms with E-state index < -0.39 is 5.91 Å². The van der Waals surface area contributed by atoms with Crippen LogP contribution >= 0.6 is 0 Å². The van der Waals surface area contributed by atoms with E-state index in [9.17, 15) is 4.79 Å². The van der Waals surface area contributed by atoms with E-state index in [1.54, 1.807) is 18.3 Å². The van der Waals surface area contributed by atoms with Gasteiger partial charge in [0.05, 0.1) is 5.56 Å². The molecule has 0 bridgehead atoms. The van der Waals surface area contributed by atoms with Crippen LogP contribution in [-0.2, 0) is 0 Å². The first kappa shape index (κ1) is 6.91. The molecular weight excluding hydrogens is 152 g/mol. The number of hydrogen-bond acceptors (Lipinski definition) is 1. The van der Waals surface area contributed by atoms with Crippen LogP contribution in [0.5, 0.6) is 0 Å². The molecule has 1 aromatic carbocycles. The van der Waals surface area contributed by atoms with Crippen LogP contribution < -0.4 is 5.73 Å². The topological polar surface area (TPSA) is 58.9 Å². The largest absolute Gasteiger partial charge is 0.366 e. The number of nitrogens with one attached hydrogen (secondary N) is 1. The SMILES string of the molecule is NC(=O)c1c[nH]c2c[c]ccc12. The molecule has 1 heterocycles. The number of aromatic nitrogens is 1. The van der Waals surface area contributed by atoms with Crippen LogP contribution in [0.1, 0.15) is 10.4 Å². The molecule has 3 heteroatoms. The van der Waals surface area contributed by atoms with Crippen molar-refractivity contribution >= 4 is 16.8 Å². The number of hydrogen-bond donors (Lipinski definition) is 2. The average molecular weight is 159 g/mol. The number of benzene rings is 1. The Balaban J connectivity index is 2.79. The smallest absolute Gasteiger partial charge is 0.250 e. The number of rotatable bonds is 1. The van der Waals surface area contributed by atoms with Gasteiger partial charge >= 0.3 is 0 Å². The first-order valence-electron chi connectivity index (χ1n) is 3.56. The fourth-order valence-electron chi connectivity index (χ4n) is 1.22. The number of primary amides is 1. The van der Waals surface area contributed by atoms with Gasteiger partial charge in [0.2, 0.25) is 0 Å². The summed E-state index contributed by atoms with van der Waals surface area (Å²) in [6.07, 6.45) is 1.61. The third-order valence-corrected chi connectivity index (χ3v) is 1.79. The van der Waals surface area contributed by atoms with Crippen LogP contribution in [0.4, 0.5) is 0 Å². The number of amides is 1. The molecule has 1 aromatic heterocycles. The van der Waals surface area contributed by atoms with E-state index in [-0.39, 0.29) is 0 Å². The van der Waals surface area contributed by atoms with Gasteiger partial charge < -0.3 is 10.7 Å². The van der Waals surface area contributed by atoms with E-state index in [0.717, 1.165) is 10.9 Å². The van der Waals surface area contributed by atoms with Gasteiger partial charge in [-0.15, -0.1) is 0 Å². The molecule has 0 spiro atoms. The molecule has 2 rings (SSSR count). The molecule has 12 heavy (non-hydrogen) atoms. The van der Waals surface area contributed by atoms with Crippen molar-refractivity contribution in [1.29, 1.82) is 0 Å². The van der Waals surface area contributed by atoms with E-state index in [1.165, 1.54) is 0 Å². The third kappa shape index (κ3) is 0.871. The molecule has 0 unspecified atom stereocenters. The minimum Gasteiger partial charge on any atom is -0.366 e. The van der Waals surface area contributed by atoms with Crippen molar-refractivity contribution in [1.82, 2.24) is 4.98 Å². The Bertz CT molecular complexity index is 431. The Hall–Kier alpha value is -1.77. The zero-order valence-corrected chi connectivity index (χ0v) is 6.29. The molecule has 0 saturated heterocycles. The lowest BCUT2D eigenvalue weighted by molar-refractivity contribution is 0.100. The molecule has 0 atom stereocenters. The van der Waals surface area contributed by atoms with E-state index in [2.05, 4.69) is 11.1 Å². The fraction of sp³-hybridized carbons (Fsp3) is 0. The van der Waals surface area contributed by atoms with Gasteiger partial charge in [0.25, 0.3) is 5.91 Å². The van der Waals surface area contributed by atoms with Crippen molar-refractivity contribution < 1.29 is 4.79 Å². The zero-order chi connectivity index (χ0) is 8.55. The maximum atomic E-state index is 10.9. The van der Waals surface area contributed by atoms with E-state index in [1.807, 2.05) is 6.07 Å².